The average Bonchev–Trinajstić information content (AvgIpc) is 2.54. The molecule has 22 heavy (non-hydrogen) atoms. The van der Waals surface area contributed by atoms with Gasteiger partial charge >= 0.3 is 0 Å². The van der Waals surface area contributed by atoms with Gasteiger partial charge in [0.15, 0.2) is 0 Å². The van der Waals surface area contributed by atoms with Gasteiger partial charge in [-0.1, -0.05) is 30.3 Å². The predicted molar refractivity (Wildman–Crippen MR) is 90.6 cm³/mol. The van der Waals surface area contributed by atoms with Crippen molar-refractivity contribution in [3.63, 3.8) is 0 Å². The standard InChI is InChI=1S/C17H18N2O2S/c1-13-6-3-4-9-16(13)22-12-17(20)19-18-11-14-7-5-8-15(10-14)21-2/h3-11H,12H2,1-2H3,(H,19,20). The number of methoxy groups -OCH3 is 1. The van der Waals surface area contributed by atoms with E-state index in [9.17, 15) is 4.79 Å². The van der Waals surface area contributed by atoms with Crippen molar-refractivity contribution in [2.24, 2.45) is 5.10 Å². The summed E-state index contributed by atoms with van der Waals surface area (Å²) in [5, 5.41) is 3.96. The van der Waals surface area contributed by atoms with Crippen LogP contribution in [0.25, 0.3) is 0 Å². The molecule has 0 saturated heterocycles. The molecule has 0 aromatic heterocycles. The number of nitrogens with one attached hydrogen (secondary N) is 1. The summed E-state index contributed by atoms with van der Waals surface area (Å²) in [5.74, 6) is 0.957. The fourth-order valence-electron chi connectivity index (χ4n) is 1.79. The smallest absolute Gasteiger partial charge is 0.250 e. The Labute approximate surface area is 134 Å². The van der Waals surface area contributed by atoms with Gasteiger partial charge in [0.1, 0.15) is 5.75 Å². The van der Waals surface area contributed by atoms with E-state index in [1.165, 1.54) is 17.3 Å². The number of hydrazone groups is 1. The molecule has 2 rings (SSSR count). The number of amides is 1. The molecule has 5 heteroatoms. The Morgan fingerprint density at radius 3 is 2.86 bits per heavy atom. The number of rotatable bonds is 6. The van der Waals surface area contributed by atoms with E-state index in [-0.39, 0.29) is 5.91 Å². The highest BCUT2D eigenvalue weighted by atomic mass is 32.2. The number of thioether (sulfide) groups is 1. The molecular formula is C17H18N2O2S. The zero-order chi connectivity index (χ0) is 15.8. The van der Waals surface area contributed by atoms with Crippen molar-refractivity contribution in [1.82, 2.24) is 5.43 Å². The second-order valence-electron chi connectivity index (χ2n) is 4.62. The van der Waals surface area contributed by atoms with Crippen molar-refractivity contribution in [1.29, 1.82) is 0 Å². The summed E-state index contributed by atoms with van der Waals surface area (Å²) in [7, 11) is 1.61. The van der Waals surface area contributed by atoms with E-state index in [0.717, 1.165) is 16.2 Å². The highest BCUT2D eigenvalue weighted by molar-refractivity contribution is 8.00. The number of carbonyl (C=O) groups is 1. The Kier molecular flexibility index (Phi) is 6.03. The van der Waals surface area contributed by atoms with Crippen LogP contribution in [0.3, 0.4) is 0 Å². The summed E-state index contributed by atoms with van der Waals surface area (Å²) in [6, 6.07) is 15.4. The molecule has 0 aliphatic rings. The molecule has 0 aliphatic heterocycles. The van der Waals surface area contributed by atoms with Crippen molar-refractivity contribution < 1.29 is 9.53 Å². The van der Waals surface area contributed by atoms with Gasteiger partial charge in [0.05, 0.1) is 19.1 Å². The molecule has 114 valence electrons. The third-order valence-electron chi connectivity index (χ3n) is 2.95. The van der Waals surface area contributed by atoms with Gasteiger partial charge in [-0.05, 0) is 36.2 Å². The Balaban J connectivity index is 1.82. The lowest BCUT2D eigenvalue weighted by molar-refractivity contribution is -0.118. The average molecular weight is 314 g/mol. The lowest BCUT2D eigenvalue weighted by atomic mass is 10.2. The first-order valence-electron chi connectivity index (χ1n) is 6.83. The largest absolute Gasteiger partial charge is 0.497 e. The highest BCUT2D eigenvalue weighted by Gasteiger charge is 2.03. The fourth-order valence-corrected chi connectivity index (χ4v) is 2.62. The van der Waals surface area contributed by atoms with Gasteiger partial charge in [0.25, 0.3) is 0 Å². The van der Waals surface area contributed by atoms with Crippen LogP contribution < -0.4 is 10.2 Å². The number of hydrogen-bond acceptors (Lipinski definition) is 4. The van der Waals surface area contributed by atoms with Gasteiger partial charge in [-0.15, -0.1) is 11.8 Å². The number of aryl methyl sites for hydroxylation is 1. The molecule has 0 aliphatic carbocycles. The maximum atomic E-state index is 11.8. The number of carbonyl (C=O) groups excluding carboxylic acids is 1. The Morgan fingerprint density at radius 1 is 1.27 bits per heavy atom. The zero-order valence-corrected chi connectivity index (χ0v) is 13.4. The molecule has 1 N–H and O–H groups in total. The summed E-state index contributed by atoms with van der Waals surface area (Å²) in [6.07, 6.45) is 1.60. The fraction of sp³-hybridized carbons (Fsp3) is 0.176. The zero-order valence-electron chi connectivity index (χ0n) is 12.6. The van der Waals surface area contributed by atoms with Gasteiger partial charge in [-0.3, -0.25) is 4.79 Å². The normalized spacial score (nSPS) is 10.6. The van der Waals surface area contributed by atoms with Crippen LogP contribution in [0.4, 0.5) is 0 Å². The topological polar surface area (TPSA) is 50.7 Å². The Hall–Kier alpha value is -2.27. The van der Waals surface area contributed by atoms with E-state index in [1.807, 2.05) is 55.5 Å². The van der Waals surface area contributed by atoms with Gasteiger partial charge in [-0.2, -0.15) is 5.10 Å². The lowest BCUT2D eigenvalue weighted by Gasteiger charge is -2.04. The van der Waals surface area contributed by atoms with Crippen LogP contribution in [0.15, 0.2) is 58.5 Å². The Bertz CT molecular complexity index is 671. The van der Waals surface area contributed by atoms with Gasteiger partial charge in [-0.25, -0.2) is 5.43 Å². The van der Waals surface area contributed by atoms with Crippen LogP contribution in [0, 0.1) is 6.92 Å². The number of ether oxygens (including phenoxy) is 1. The van der Waals surface area contributed by atoms with Crippen LogP contribution in [0.1, 0.15) is 11.1 Å². The molecule has 2 aromatic carbocycles. The van der Waals surface area contributed by atoms with Crippen molar-refractivity contribution >= 4 is 23.9 Å². The Morgan fingerprint density at radius 2 is 2.09 bits per heavy atom. The molecule has 0 saturated carbocycles. The van der Waals surface area contributed by atoms with Gasteiger partial charge in [0, 0.05) is 4.90 Å². The molecule has 4 nitrogen and oxygen atoms in total. The van der Waals surface area contributed by atoms with Crippen molar-refractivity contribution in [3.05, 3.63) is 59.7 Å². The molecular weight excluding hydrogens is 296 g/mol. The summed E-state index contributed by atoms with van der Waals surface area (Å²) >= 11 is 1.50. The third kappa shape index (κ3) is 4.93. The van der Waals surface area contributed by atoms with Crippen molar-refractivity contribution in [3.8, 4) is 5.75 Å². The highest BCUT2D eigenvalue weighted by Crippen LogP contribution is 2.21. The second kappa shape index (κ2) is 8.24. The van der Waals surface area contributed by atoms with Crippen LogP contribution in [0.2, 0.25) is 0 Å². The second-order valence-corrected chi connectivity index (χ2v) is 5.64. The van der Waals surface area contributed by atoms with Crippen LogP contribution in [-0.4, -0.2) is 25.0 Å². The maximum Gasteiger partial charge on any atom is 0.250 e. The first-order valence-corrected chi connectivity index (χ1v) is 7.82. The number of hydrogen-bond donors (Lipinski definition) is 1. The summed E-state index contributed by atoms with van der Waals surface area (Å²) in [6.45, 7) is 2.03. The van der Waals surface area contributed by atoms with Crippen LogP contribution in [0.5, 0.6) is 5.75 Å². The van der Waals surface area contributed by atoms with E-state index >= 15 is 0 Å². The SMILES string of the molecule is COc1cccc(C=NNC(=O)CSc2ccccc2C)c1. The van der Waals surface area contributed by atoms with E-state index in [2.05, 4.69) is 10.5 Å². The number of benzene rings is 2. The minimum Gasteiger partial charge on any atom is -0.497 e. The van der Waals surface area contributed by atoms with E-state index in [0.29, 0.717) is 5.75 Å². The molecule has 0 fully saturated rings. The minimum absolute atomic E-state index is 0.132. The quantitative estimate of drug-likeness (QED) is 0.506. The van der Waals surface area contributed by atoms with E-state index in [1.54, 1.807) is 13.3 Å². The summed E-state index contributed by atoms with van der Waals surface area (Å²) in [4.78, 5) is 12.9. The van der Waals surface area contributed by atoms with Gasteiger partial charge < -0.3 is 4.74 Å². The monoisotopic (exact) mass is 314 g/mol. The third-order valence-corrected chi connectivity index (χ3v) is 4.12. The molecule has 0 atom stereocenters. The molecule has 1 amide bonds. The summed E-state index contributed by atoms with van der Waals surface area (Å²) < 4.78 is 5.13. The molecule has 0 bridgehead atoms. The van der Waals surface area contributed by atoms with Crippen molar-refractivity contribution in [2.75, 3.05) is 12.9 Å². The molecule has 0 unspecified atom stereocenters. The molecule has 0 radical (unpaired) electrons. The van der Waals surface area contributed by atoms with E-state index in [4.69, 9.17) is 4.74 Å². The minimum atomic E-state index is -0.132. The van der Waals surface area contributed by atoms with E-state index < -0.39 is 0 Å². The molecule has 0 heterocycles. The van der Waals surface area contributed by atoms with Crippen LogP contribution >= 0.6 is 11.8 Å². The van der Waals surface area contributed by atoms with Crippen LogP contribution in [-0.2, 0) is 4.79 Å². The van der Waals surface area contributed by atoms with Crippen molar-refractivity contribution in [2.45, 2.75) is 11.8 Å². The summed E-state index contributed by atoms with van der Waals surface area (Å²) in [5.41, 5.74) is 4.56. The van der Waals surface area contributed by atoms with Gasteiger partial charge in [0.2, 0.25) is 5.91 Å². The maximum absolute atomic E-state index is 11.8. The predicted octanol–water partition coefficient (Wildman–Crippen LogP) is 3.25. The molecule has 0 spiro atoms. The first kappa shape index (κ1) is 16.1. The molecule has 2 aromatic rings. The number of nitrogens with zero attached hydrogens (tertiary/aromatic N) is 1. The lowest BCUT2D eigenvalue weighted by Crippen LogP contribution is -2.19. The first-order chi connectivity index (χ1) is 10.7.